The quantitative estimate of drug-likeness (QED) is 0.481. The van der Waals surface area contributed by atoms with Crippen LogP contribution in [0.1, 0.15) is 0 Å². The fraction of sp³-hybridized carbons (Fsp3) is 0.500. The van der Waals surface area contributed by atoms with Gasteiger partial charge in [-0.05, 0) is 17.2 Å². The molecular formula is C8H10N2O2S. The Labute approximate surface area is 81.1 Å². The van der Waals surface area contributed by atoms with Gasteiger partial charge in [-0.3, -0.25) is 4.79 Å². The van der Waals surface area contributed by atoms with Crippen molar-refractivity contribution in [3.8, 4) is 5.40 Å². The van der Waals surface area contributed by atoms with E-state index in [1.807, 2.05) is 5.40 Å². The first-order valence-electron chi connectivity index (χ1n) is 3.92. The Morgan fingerprint density at radius 2 is 2.23 bits per heavy atom. The number of nitriles is 1. The summed E-state index contributed by atoms with van der Waals surface area (Å²) in [4.78, 5) is 13.0. The predicted molar refractivity (Wildman–Crippen MR) is 49.7 cm³/mol. The van der Waals surface area contributed by atoms with Crippen molar-refractivity contribution in [3.05, 3.63) is 11.5 Å². The van der Waals surface area contributed by atoms with Gasteiger partial charge in [0.1, 0.15) is 5.40 Å². The van der Waals surface area contributed by atoms with Crippen LogP contribution in [0.25, 0.3) is 0 Å². The molecule has 13 heavy (non-hydrogen) atoms. The van der Waals surface area contributed by atoms with E-state index < -0.39 is 0 Å². The van der Waals surface area contributed by atoms with Gasteiger partial charge in [-0.15, -0.1) is 0 Å². The van der Waals surface area contributed by atoms with Gasteiger partial charge in [0.15, 0.2) is 0 Å². The summed E-state index contributed by atoms with van der Waals surface area (Å²) in [6.45, 7) is 2.48. The number of morpholine rings is 1. The summed E-state index contributed by atoms with van der Waals surface area (Å²) >= 11 is 0.947. The van der Waals surface area contributed by atoms with Crippen LogP contribution in [0.5, 0.6) is 0 Å². The second kappa shape index (κ2) is 5.62. The van der Waals surface area contributed by atoms with E-state index in [0.29, 0.717) is 26.3 Å². The summed E-state index contributed by atoms with van der Waals surface area (Å²) in [5.41, 5.74) is 0. The lowest BCUT2D eigenvalue weighted by Crippen LogP contribution is -2.39. The molecule has 1 aliphatic heterocycles. The van der Waals surface area contributed by atoms with Crippen LogP contribution in [0.4, 0.5) is 0 Å². The maximum atomic E-state index is 11.3. The number of rotatable bonds is 2. The fourth-order valence-electron chi connectivity index (χ4n) is 1.01. The van der Waals surface area contributed by atoms with E-state index in [9.17, 15) is 4.79 Å². The molecule has 4 nitrogen and oxygen atoms in total. The summed E-state index contributed by atoms with van der Waals surface area (Å²) in [6.07, 6.45) is 1.42. The first kappa shape index (κ1) is 10.1. The number of thiocyanates is 1. The molecule has 1 saturated heterocycles. The Balaban J connectivity index is 2.34. The van der Waals surface area contributed by atoms with Gasteiger partial charge in [-0.2, -0.15) is 5.26 Å². The van der Waals surface area contributed by atoms with Crippen molar-refractivity contribution >= 4 is 17.7 Å². The Hall–Kier alpha value is -0.990. The van der Waals surface area contributed by atoms with E-state index >= 15 is 0 Å². The molecule has 1 amide bonds. The topological polar surface area (TPSA) is 53.3 Å². The van der Waals surface area contributed by atoms with Gasteiger partial charge in [0, 0.05) is 19.2 Å². The van der Waals surface area contributed by atoms with Crippen molar-refractivity contribution in [3.63, 3.8) is 0 Å². The number of thioether (sulfide) groups is 1. The lowest BCUT2D eigenvalue weighted by Gasteiger charge is -2.25. The SMILES string of the molecule is N#CS/C=C/C(=O)N1CCOCC1. The average Bonchev–Trinajstić information content (AvgIpc) is 2.19. The van der Waals surface area contributed by atoms with E-state index in [4.69, 9.17) is 10.00 Å². The molecule has 70 valence electrons. The Morgan fingerprint density at radius 3 is 2.85 bits per heavy atom. The average molecular weight is 198 g/mol. The predicted octanol–water partition coefficient (Wildman–Crippen LogP) is 0.573. The van der Waals surface area contributed by atoms with Gasteiger partial charge in [-0.25, -0.2) is 0 Å². The van der Waals surface area contributed by atoms with Crippen LogP contribution in [-0.4, -0.2) is 37.1 Å². The Bertz CT molecular complexity index is 241. The van der Waals surface area contributed by atoms with E-state index in [1.54, 1.807) is 4.90 Å². The van der Waals surface area contributed by atoms with Gasteiger partial charge in [0.25, 0.3) is 0 Å². The molecule has 0 N–H and O–H groups in total. The summed E-state index contributed by atoms with van der Waals surface area (Å²) in [5.74, 6) is -0.0500. The highest BCUT2D eigenvalue weighted by Crippen LogP contribution is 2.02. The first-order chi connectivity index (χ1) is 6.34. The zero-order chi connectivity index (χ0) is 9.52. The molecule has 0 bridgehead atoms. The molecule has 1 aliphatic rings. The number of carbonyl (C=O) groups is 1. The molecule has 0 unspecified atom stereocenters. The van der Waals surface area contributed by atoms with Crippen LogP contribution in [0, 0.1) is 10.7 Å². The lowest BCUT2D eigenvalue weighted by atomic mass is 10.4. The minimum atomic E-state index is -0.0500. The first-order valence-corrected chi connectivity index (χ1v) is 4.80. The van der Waals surface area contributed by atoms with Crippen molar-refractivity contribution in [1.29, 1.82) is 5.26 Å². The van der Waals surface area contributed by atoms with Gasteiger partial charge in [0.05, 0.1) is 13.2 Å². The Morgan fingerprint density at radius 1 is 1.54 bits per heavy atom. The van der Waals surface area contributed by atoms with Crippen LogP contribution < -0.4 is 0 Å². The molecule has 0 spiro atoms. The monoisotopic (exact) mass is 198 g/mol. The normalized spacial score (nSPS) is 17.3. The van der Waals surface area contributed by atoms with E-state index in [0.717, 1.165) is 11.8 Å². The van der Waals surface area contributed by atoms with Crippen molar-refractivity contribution in [2.75, 3.05) is 26.3 Å². The highest BCUT2D eigenvalue weighted by atomic mass is 32.2. The van der Waals surface area contributed by atoms with Crippen molar-refractivity contribution in [2.45, 2.75) is 0 Å². The van der Waals surface area contributed by atoms with Crippen LogP contribution in [-0.2, 0) is 9.53 Å². The van der Waals surface area contributed by atoms with Crippen LogP contribution >= 0.6 is 11.8 Å². The molecule has 1 heterocycles. The Kier molecular flexibility index (Phi) is 4.36. The maximum Gasteiger partial charge on any atom is 0.247 e. The van der Waals surface area contributed by atoms with Gasteiger partial charge < -0.3 is 9.64 Å². The molecule has 0 atom stereocenters. The van der Waals surface area contributed by atoms with E-state index in [2.05, 4.69) is 0 Å². The molecular weight excluding hydrogens is 188 g/mol. The molecule has 1 rings (SSSR count). The van der Waals surface area contributed by atoms with Crippen LogP contribution in [0.2, 0.25) is 0 Å². The lowest BCUT2D eigenvalue weighted by molar-refractivity contribution is -0.129. The van der Waals surface area contributed by atoms with Gasteiger partial charge >= 0.3 is 0 Å². The number of carbonyl (C=O) groups excluding carboxylic acids is 1. The number of hydrogen-bond acceptors (Lipinski definition) is 4. The summed E-state index contributed by atoms with van der Waals surface area (Å²) < 4.78 is 5.10. The van der Waals surface area contributed by atoms with E-state index in [1.165, 1.54) is 11.5 Å². The van der Waals surface area contributed by atoms with Crippen molar-refractivity contribution in [1.82, 2.24) is 4.90 Å². The summed E-state index contributed by atoms with van der Waals surface area (Å²) in [5, 5.41) is 11.6. The smallest absolute Gasteiger partial charge is 0.247 e. The molecule has 0 aromatic rings. The van der Waals surface area contributed by atoms with E-state index in [-0.39, 0.29) is 5.91 Å². The number of nitrogens with zero attached hydrogens (tertiary/aromatic N) is 2. The van der Waals surface area contributed by atoms with Crippen molar-refractivity contribution < 1.29 is 9.53 Å². The summed E-state index contributed by atoms with van der Waals surface area (Å²) in [7, 11) is 0. The minimum Gasteiger partial charge on any atom is -0.378 e. The van der Waals surface area contributed by atoms with Crippen LogP contribution in [0.3, 0.4) is 0 Å². The molecule has 0 saturated carbocycles. The molecule has 0 aromatic heterocycles. The second-order valence-electron chi connectivity index (χ2n) is 2.45. The van der Waals surface area contributed by atoms with Gasteiger partial charge in [0.2, 0.25) is 5.91 Å². The zero-order valence-electron chi connectivity index (χ0n) is 7.10. The standard InChI is InChI=1S/C8H10N2O2S/c9-7-13-6-1-8(11)10-2-4-12-5-3-10/h1,6H,2-5H2/b6-1+. The van der Waals surface area contributed by atoms with Gasteiger partial charge in [-0.1, -0.05) is 0 Å². The third-order valence-electron chi connectivity index (χ3n) is 1.65. The third-order valence-corrected chi connectivity index (χ3v) is 2.03. The minimum absolute atomic E-state index is 0.0500. The largest absolute Gasteiger partial charge is 0.378 e. The molecule has 5 heteroatoms. The van der Waals surface area contributed by atoms with Crippen LogP contribution in [0.15, 0.2) is 11.5 Å². The molecule has 0 aliphatic carbocycles. The number of ether oxygens (including phenoxy) is 1. The molecule has 0 aromatic carbocycles. The molecule has 1 fully saturated rings. The highest BCUT2D eigenvalue weighted by molar-refractivity contribution is 8.06. The zero-order valence-corrected chi connectivity index (χ0v) is 7.92. The maximum absolute atomic E-state index is 11.3. The fourth-order valence-corrected chi connectivity index (χ4v) is 1.26. The second-order valence-corrected chi connectivity index (χ2v) is 3.14. The highest BCUT2D eigenvalue weighted by Gasteiger charge is 2.13. The molecule has 0 radical (unpaired) electrons. The number of amides is 1. The number of hydrogen-bond donors (Lipinski definition) is 0. The summed E-state index contributed by atoms with van der Waals surface area (Å²) in [6, 6.07) is 0. The third kappa shape index (κ3) is 3.49. The van der Waals surface area contributed by atoms with Crippen molar-refractivity contribution in [2.24, 2.45) is 0 Å².